The first kappa shape index (κ1) is 18.2. The molecule has 0 radical (unpaired) electrons. The molecule has 23 heavy (non-hydrogen) atoms. The minimum absolute atomic E-state index is 0.0477. The van der Waals surface area contributed by atoms with Gasteiger partial charge in [0.05, 0.1) is 13.1 Å². The van der Waals surface area contributed by atoms with E-state index in [1.165, 1.54) is 32.1 Å². The zero-order valence-corrected chi connectivity index (χ0v) is 14.8. The Hall–Kier alpha value is -1.10. The molecule has 2 amide bonds. The molecule has 2 rings (SSSR count). The van der Waals surface area contributed by atoms with Crippen LogP contribution in [0.1, 0.15) is 58.8 Å². The maximum Gasteiger partial charge on any atom is 0.241 e. The van der Waals surface area contributed by atoms with Gasteiger partial charge >= 0.3 is 0 Å². The molecule has 5 heteroatoms. The van der Waals surface area contributed by atoms with Crippen molar-refractivity contribution in [2.75, 3.05) is 26.2 Å². The third kappa shape index (κ3) is 6.13. The molecule has 0 spiro atoms. The van der Waals surface area contributed by atoms with E-state index in [1.807, 2.05) is 4.90 Å². The maximum absolute atomic E-state index is 11.9. The van der Waals surface area contributed by atoms with Crippen LogP contribution in [0.3, 0.4) is 0 Å². The molecule has 0 aromatic carbocycles. The number of rotatable bonds is 8. The monoisotopic (exact) mass is 323 g/mol. The van der Waals surface area contributed by atoms with Crippen LogP contribution in [-0.2, 0) is 9.59 Å². The van der Waals surface area contributed by atoms with Crippen molar-refractivity contribution in [1.29, 1.82) is 0 Å². The fourth-order valence-corrected chi connectivity index (χ4v) is 3.74. The van der Waals surface area contributed by atoms with Crippen molar-refractivity contribution in [3.63, 3.8) is 0 Å². The highest BCUT2D eigenvalue weighted by Crippen LogP contribution is 2.30. The summed E-state index contributed by atoms with van der Waals surface area (Å²) in [4.78, 5) is 25.7. The SMILES string of the molecule is CC(C)CC[C@@H]1CCC[C@@H]1NCC(=O)NCC(=O)N1CCCC1. The fourth-order valence-electron chi connectivity index (χ4n) is 3.74. The first-order valence-corrected chi connectivity index (χ1v) is 9.34. The Bertz CT molecular complexity index is 392. The third-order valence-electron chi connectivity index (χ3n) is 5.19. The van der Waals surface area contributed by atoms with E-state index < -0.39 is 0 Å². The normalized spacial score (nSPS) is 24.4. The quantitative estimate of drug-likeness (QED) is 0.717. The van der Waals surface area contributed by atoms with Gasteiger partial charge in [-0.05, 0) is 43.9 Å². The van der Waals surface area contributed by atoms with Gasteiger partial charge in [-0.2, -0.15) is 0 Å². The summed E-state index contributed by atoms with van der Waals surface area (Å²) in [6.45, 7) is 6.68. The van der Waals surface area contributed by atoms with Crippen molar-refractivity contribution in [2.45, 2.75) is 64.8 Å². The Morgan fingerprint density at radius 3 is 2.52 bits per heavy atom. The van der Waals surface area contributed by atoms with E-state index in [1.54, 1.807) is 0 Å². The Morgan fingerprint density at radius 1 is 1.09 bits per heavy atom. The molecule has 1 saturated heterocycles. The van der Waals surface area contributed by atoms with Gasteiger partial charge in [-0.1, -0.05) is 26.7 Å². The van der Waals surface area contributed by atoms with Crippen LogP contribution in [0, 0.1) is 11.8 Å². The second-order valence-corrected chi connectivity index (χ2v) is 7.51. The summed E-state index contributed by atoms with van der Waals surface area (Å²) < 4.78 is 0. The average molecular weight is 323 g/mol. The minimum atomic E-state index is -0.0629. The zero-order valence-electron chi connectivity index (χ0n) is 14.8. The van der Waals surface area contributed by atoms with E-state index >= 15 is 0 Å². The van der Waals surface area contributed by atoms with Crippen LogP contribution in [0.25, 0.3) is 0 Å². The van der Waals surface area contributed by atoms with Crippen molar-refractivity contribution in [3.05, 3.63) is 0 Å². The molecule has 5 nitrogen and oxygen atoms in total. The summed E-state index contributed by atoms with van der Waals surface area (Å²) in [5, 5.41) is 6.17. The Labute approximate surface area is 140 Å². The van der Waals surface area contributed by atoms with Crippen molar-refractivity contribution in [1.82, 2.24) is 15.5 Å². The molecule has 0 aromatic heterocycles. The van der Waals surface area contributed by atoms with Crippen molar-refractivity contribution >= 4 is 11.8 Å². The highest BCUT2D eigenvalue weighted by Gasteiger charge is 2.27. The van der Waals surface area contributed by atoms with E-state index in [0.29, 0.717) is 18.5 Å². The van der Waals surface area contributed by atoms with Gasteiger partial charge in [0.15, 0.2) is 0 Å². The second-order valence-electron chi connectivity index (χ2n) is 7.51. The lowest BCUT2D eigenvalue weighted by molar-refractivity contribution is -0.131. The lowest BCUT2D eigenvalue weighted by Crippen LogP contribution is -2.44. The summed E-state index contributed by atoms with van der Waals surface area (Å²) in [6.07, 6.45) is 8.39. The molecule has 1 aliphatic heterocycles. The molecular weight excluding hydrogens is 290 g/mol. The Balaban J connectivity index is 1.62. The minimum Gasteiger partial charge on any atom is -0.346 e. The van der Waals surface area contributed by atoms with Crippen molar-refractivity contribution < 1.29 is 9.59 Å². The molecule has 132 valence electrons. The van der Waals surface area contributed by atoms with Crippen LogP contribution in [0.4, 0.5) is 0 Å². The van der Waals surface area contributed by atoms with Crippen LogP contribution in [0.15, 0.2) is 0 Å². The average Bonchev–Trinajstić information content (AvgIpc) is 3.19. The fraction of sp³-hybridized carbons (Fsp3) is 0.889. The van der Waals surface area contributed by atoms with Crippen molar-refractivity contribution in [3.8, 4) is 0 Å². The topological polar surface area (TPSA) is 61.4 Å². The number of carbonyl (C=O) groups excluding carboxylic acids is 2. The van der Waals surface area contributed by atoms with Crippen molar-refractivity contribution in [2.24, 2.45) is 11.8 Å². The van der Waals surface area contributed by atoms with Gasteiger partial charge in [0.1, 0.15) is 0 Å². The molecule has 0 unspecified atom stereocenters. The number of likely N-dealkylation sites (tertiary alicyclic amines) is 1. The van der Waals surface area contributed by atoms with Crippen LogP contribution in [-0.4, -0.2) is 48.9 Å². The van der Waals surface area contributed by atoms with E-state index in [9.17, 15) is 9.59 Å². The highest BCUT2D eigenvalue weighted by molar-refractivity contribution is 5.85. The summed E-state index contributed by atoms with van der Waals surface area (Å²) >= 11 is 0. The summed E-state index contributed by atoms with van der Waals surface area (Å²) in [5.74, 6) is 1.44. The number of nitrogens with one attached hydrogen (secondary N) is 2. The molecule has 2 N–H and O–H groups in total. The van der Waals surface area contributed by atoms with Gasteiger partial charge in [-0.25, -0.2) is 0 Å². The van der Waals surface area contributed by atoms with Gasteiger partial charge in [0.25, 0.3) is 0 Å². The van der Waals surface area contributed by atoms with Crippen LogP contribution in [0.5, 0.6) is 0 Å². The molecule has 0 aromatic rings. The van der Waals surface area contributed by atoms with Gasteiger partial charge in [0, 0.05) is 19.1 Å². The van der Waals surface area contributed by atoms with Gasteiger partial charge in [-0.3, -0.25) is 9.59 Å². The second kappa shape index (κ2) is 9.26. The molecule has 2 aliphatic rings. The molecule has 0 bridgehead atoms. The highest BCUT2D eigenvalue weighted by atomic mass is 16.2. The maximum atomic E-state index is 11.9. The summed E-state index contributed by atoms with van der Waals surface area (Å²) in [5.41, 5.74) is 0. The molecular formula is C18H33N3O2. The van der Waals surface area contributed by atoms with Crippen LogP contribution >= 0.6 is 0 Å². The van der Waals surface area contributed by atoms with E-state index in [-0.39, 0.29) is 18.4 Å². The van der Waals surface area contributed by atoms with Gasteiger partial charge in [-0.15, -0.1) is 0 Å². The summed E-state index contributed by atoms with van der Waals surface area (Å²) in [6, 6.07) is 0.466. The number of carbonyl (C=O) groups is 2. The molecule has 2 atom stereocenters. The molecule has 2 fully saturated rings. The lowest BCUT2D eigenvalue weighted by atomic mass is 9.94. The Kier molecular flexibility index (Phi) is 7.34. The van der Waals surface area contributed by atoms with Crippen LogP contribution < -0.4 is 10.6 Å². The van der Waals surface area contributed by atoms with E-state index in [0.717, 1.165) is 31.8 Å². The largest absolute Gasteiger partial charge is 0.346 e. The van der Waals surface area contributed by atoms with Gasteiger partial charge < -0.3 is 15.5 Å². The number of hydrogen-bond acceptors (Lipinski definition) is 3. The molecule has 1 heterocycles. The summed E-state index contributed by atoms with van der Waals surface area (Å²) in [7, 11) is 0. The van der Waals surface area contributed by atoms with E-state index in [2.05, 4.69) is 24.5 Å². The predicted molar refractivity (Wildman–Crippen MR) is 92.0 cm³/mol. The Morgan fingerprint density at radius 2 is 1.83 bits per heavy atom. The molecule has 1 aliphatic carbocycles. The lowest BCUT2D eigenvalue weighted by Gasteiger charge is -2.22. The zero-order chi connectivity index (χ0) is 16.7. The number of hydrogen-bond donors (Lipinski definition) is 2. The van der Waals surface area contributed by atoms with Gasteiger partial charge in [0.2, 0.25) is 11.8 Å². The predicted octanol–water partition coefficient (Wildman–Crippen LogP) is 1.92. The number of amides is 2. The molecule has 1 saturated carbocycles. The standard InChI is InChI=1S/C18H33N3O2/c1-14(2)8-9-15-6-5-7-16(15)19-12-17(22)20-13-18(23)21-10-3-4-11-21/h14-16,19H,3-13H2,1-2H3,(H,20,22)/t15-,16-/m0/s1. The third-order valence-corrected chi connectivity index (χ3v) is 5.19. The number of nitrogens with zero attached hydrogens (tertiary/aromatic N) is 1. The van der Waals surface area contributed by atoms with Crippen LogP contribution in [0.2, 0.25) is 0 Å². The van der Waals surface area contributed by atoms with E-state index in [4.69, 9.17) is 0 Å². The first-order valence-electron chi connectivity index (χ1n) is 9.34. The smallest absolute Gasteiger partial charge is 0.241 e. The first-order chi connectivity index (χ1) is 11.1.